The van der Waals surface area contributed by atoms with Gasteiger partial charge in [-0.05, 0) is 18.1 Å². The van der Waals surface area contributed by atoms with E-state index in [1.165, 1.54) is 0 Å². The summed E-state index contributed by atoms with van der Waals surface area (Å²) in [5, 5.41) is 0.773. The van der Waals surface area contributed by atoms with Gasteiger partial charge in [-0.1, -0.05) is 34.1 Å². The molecular formula is C13H15BrN2O2. The molecule has 2 amide bonds. The standard InChI is InChI=1S/C13H15BrN2O2/c14-7-3-6-12(17)16-10-5-2-1-4-9(10)8-11(16)13(15)18/h1-2,4-5,11H,3,6-8H2,(H2,15,18). The SMILES string of the molecule is NC(=O)C1Cc2ccccc2N1C(=O)CCCBr. The molecule has 0 aromatic heterocycles. The van der Waals surface area contributed by atoms with Gasteiger partial charge >= 0.3 is 0 Å². The third-order valence-corrected chi connectivity index (χ3v) is 3.66. The number of amides is 2. The van der Waals surface area contributed by atoms with Crippen LogP contribution < -0.4 is 10.6 Å². The second-order valence-electron chi connectivity index (χ2n) is 4.31. The maximum absolute atomic E-state index is 12.2. The summed E-state index contributed by atoms with van der Waals surface area (Å²) < 4.78 is 0. The molecule has 0 fully saturated rings. The number of carbonyl (C=O) groups is 2. The zero-order chi connectivity index (χ0) is 13.1. The van der Waals surface area contributed by atoms with Crippen LogP contribution in [-0.2, 0) is 16.0 Å². The fourth-order valence-corrected chi connectivity index (χ4v) is 2.54. The van der Waals surface area contributed by atoms with Crippen molar-refractivity contribution in [1.29, 1.82) is 0 Å². The van der Waals surface area contributed by atoms with Crippen molar-refractivity contribution in [2.45, 2.75) is 25.3 Å². The van der Waals surface area contributed by atoms with E-state index in [9.17, 15) is 9.59 Å². The van der Waals surface area contributed by atoms with Gasteiger partial charge in [-0.2, -0.15) is 0 Å². The number of anilines is 1. The van der Waals surface area contributed by atoms with E-state index in [4.69, 9.17) is 5.73 Å². The molecule has 4 nitrogen and oxygen atoms in total. The normalized spacial score (nSPS) is 17.6. The van der Waals surface area contributed by atoms with E-state index in [2.05, 4.69) is 15.9 Å². The second kappa shape index (κ2) is 5.52. The minimum atomic E-state index is -0.537. The molecule has 0 saturated heterocycles. The van der Waals surface area contributed by atoms with Crippen LogP contribution in [0.1, 0.15) is 18.4 Å². The predicted octanol–water partition coefficient (Wildman–Crippen LogP) is 1.60. The average Bonchev–Trinajstić information content (AvgIpc) is 2.75. The second-order valence-corrected chi connectivity index (χ2v) is 5.10. The zero-order valence-electron chi connectivity index (χ0n) is 9.93. The number of nitrogens with two attached hydrogens (primary N) is 1. The highest BCUT2D eigenvalue weighted by molar-refractivity contribution is 9.09. The van der Waals surface area contributed by atoms with Gasteiger partial charge in [0, 0.05) is 23.9 Å². The molecule has 0 bridgehead atoms. The summed E-state index contributed by atoms with van der Waals surface area (Å²) in [7, 11) is 0. The van der Waals surface area contributed by atoms with Crippen LogP contribution in [0.25, 0.3) is 0 Å². The first kappa shape index (κ1) is 13.1. The zero-order valence-corrected chi connectivity index (χ0v) is 11.5. The van der Waals surface area contributed by atoms with Crippen LogP contribution >= 0.6 is 15.9 Å². The Balaban J connectivity index is 2.28. The largest absolute Gasteiger partial charge is 0.368 e. The number of para-hydroxylation sites is 1. The van der Waals surface area contributed by atoms with Gasteiger partial charge in [0.15, 0.2) is 0 Å². The van der Waals surface area contributed by atoms with Crippen molar-refractivity contribution in [2.24, 2.45) is 5.73 Å². The molecule has 1 aromatic carbocycles. The van der Waals surface area contributed by atoms with Crippen molar-refractivity contribution in [1.82, 2.24) is 0 Å². The number of primary amides is 1. The number of fused-ring (bicyclic) bond motifs is 1. The molecule has 1 aromatic rings. The topological polar surface area (TPSA) is 63.4 Å². The third kappa shape index (κ3) is 2.41. The number of hydrogen-bond acceptors (Lipinski definition) is 2. The molecule has 96 valence electrons. The molecule has 0 spiro atoms. The monoisotopic (exact) mass is 310 g/mol. The van der Waals surface area contributed by atoms with E-state index in [1.807, 2.05) is 24.3 Å². The summed E-state index contributed by atoms with van der Waals surface area (Å²) >= 11 is 3.30. The van der Waals surface area contributed by atoms with Crippen molar-refractivity contribution in [3.05, 3.63) is 29.8 Å². The summed E-state index contributed by atoms with van der Waals surface area (Å²) in [6, 6.07) is 7.04. The molecule has 2 N–H and O–H groups in total. The summed E-state index contributed by atoms with van der Waals surface area (Å²) in [6.07, 6.45) is 1.69. The van der Waals surface area contributed by atoms with Gasteiger partial charge in [0.2, 0.25) is 11.8 Å². The van der Waals surface area contributed by atoms with Crippen molar-refractivity contribution < 1.29 is 9.59 Å². The smallest absolute Gasteiger partial charge is 0.240 e. The molecule has 1 atom stereocenters. The molecule has 2 rings (SSSR count). The van der Waals surface area contributed by atoms with Crippen LogP contribution in [0.3, 0.4) is 0 Å². The summed E-state index contributed by atoms with van der Waals surface area (Å²) in [5.41, 5.74) is 7.22. The number of hydrogen-bond donors (Lipinski definition) is 1. The summed E-state index contributed by atoms with van der Waals surface area (Å²) in [6.45, 7) is 0. The van der Waals surface area contributed by atoms with E-state index in [-0.39, 0.29) is 5.91 Å². The quantitative estimate of drug-likeness (QED) is 0.859. The number of benzene rings is 1. The van der Waals surface area contributed by atoms with E-state index in [0.717, 1.165) is 23.0 Å². The molecule has 1 heterocycles. The molecule has 0 aliphatic carbocycles. The summed E-state index contributed by atoms with van der Waals surface area (Å²) in [5.74, 6) is -0.485. The van der Waals surface area contributed by atoms with Crippen LogP contribution in [0, 0.1) is 0 Å². The number of alkyl halides is 1. The highest BCUT2D eigenvalue weighted by Crippen LogP contribution is 2.32. The Labute approximate surface area is 114 Å². The van der Waals surface area contributed by atoms with E-state index < -0.39 is 11.9 Å². The molecule has 5 heteroatoms. The number of nitrogens with zero attached hydrogens (tertiary/aromatic N) is 1. The lowest BCUT2D eigenvalue weighted by Crippen LogP contribution is -2.46. The maximum Gasteiger partial charge on any atom is 0.240 e. The average molecular weight is 311 g/mol. The van der Waals surface area contributed by atoms with E-state index in [1.54, 1.807) is 4.90 Å². The molecule has 1 aliphatic rings. The van der Waals surface area contributed by atoms with E-state index >= 15 is 0 Å². The fraction of sp³-hybridized carbons (Fsp3) is 0.385. The van der Waals surface area contributed by atoms with Gasteiger partial charge in [-0.15, -0.1) is 0 Å². The Morgan fingerprint density at radius 2 is 2.11 bits per heavy atom. The first-order valence-corrected chi connectivity index (χ1v) is 7.02. The van der Waals surface area contributed by atoms with Gasteiger partial charge in [0.1, 0.15) is 6.04 Å². The Bertz CT molecular complexity index is 476. The number of rotatable bonds is 4. The van der Waals surface area contributed by atoms with Gasteiger partial charge in [-0.25, -0.2) is 0 Å². The Hall–Kier alpha value is -1.36. The molecule has 0 saturated carbocycles. The molecule has 0 radical (unpaired) electrons. The van der Waals surface area contributed by atoms with Crippen molar-refractivity contribution in [2.75, 3.05) is 10.2 Å². The maximum atomic E-state index is 12.2. The van der Waals surface area contributed by atoms with Gasteiger partial charge < -0.3 is 5.73 Å². The van der Waals surface area contributed by atoms with Crippen LogP contribution in [0.5, 0.6) is 0 Å². The minimum absolute atomic E-state index is 0.0387. The van der Waals surface area contributed by atoms with E-state index in [0.29, 0.717) is 12.8 Å². The highest BCUT2D eigenvalue weighted by Gasteiger charge is 2.36. The molecular weight excluding hydrogens is 296 g/mol. The fourth-order valence-electron chi connectivity index (χ4n) is 2.26. The van der Waals surface area contributed by atoms with Crippen molar-refractivity contribution >= 4 is 33.4 Å². The first-order valence-electron chi connectivity index (χ1n) is 5.90. The van der Waals surface area contributed by atoms with Crippen LogP contribution in [-0.4, -0.2) is 23.2 Å². The van der Waals surface area contributed by atoms with Crippen molar-refractivity contribution in [3.63, 3.8) is 0 Å². The highest BCUT2D eigenvalue weighted by atomic mass is 79.9. The molecule has 18 heavy (non-hydrogen) atoms. The summed E-state index contributed by atoms with van der Waals surface area (Å²) in [4.78, 5) is 25.2. The third-order valence-electron chi connectivity index (χ3n) is 3.10. The van der Waals surface area contributed by atoms with Crippen molar-refractivity contribution in [3.8, 4) is 0 Å². The van der Waals surface area contributed by atoms with Crippen LogP contribution in [0.4, 0.5) is 5.69 Å². The first-order chi connectivity index (χ1) is 8.65. The van der Waals surface area contributed by atoms with Crippen LogP contribution in [0.2, 0.25) is 0 Å². The minimum Gasteiger partial charge on any atom is -0.368 e. The molecule has 1 aliphatic heterocycles. The number of carbonyl (C=O) groups excluding carboxylic acids is 2. The lowest BCUT2D eigenvalue weighted by atomic mass is 10.1. The molecule has 1 unspecified atom stereocenters. The van der Waals surface area contributed by atoms with Gasteiger partial charge in [-0.3, -0.25) is 14.5 Å². The Kier molecular flexibility index (Phi) is 4.01. The number of halogens is 1. The lowest BCUT2D eigenvalue weighted by molar-refractivity contribution is -0.124. The van der Waals surface area contributed by atoms with Gasteiger partial charge in [0.25, 0.3) is 0 Å². The van der Waals surface area contributed by atoms with Gasteiger partial charge in [0.05, 0.1) is 0 Å². The van der Waals surface area contributed by atoms with Crippen LogP contribution in [0.15, 0.2) is 24.3 Å². The predicted molar refractivity (Wildman–Crippen MR) is 73.6 cm³/mol. The lowest BCUT2D eigenvalue weighted by Gasteiger charge is -2.23. The Morgan fingerprint density at radius 1 is 1.39 bits per heavy atom. The Morgan fingerprint density at radius 3 is 2.78 bits per heavy atom.